The molecule has 0 rings (SSSR count). The molecule has 0 aromatic rings. The van der Waals surface area contributed by atoms with Crippen LogP contribution in [0.1, 0.15) is 112 Å². The van der Waals surface area contributed by atoms with Crippen LogP contribution in [0, 0.1) is 23.7 Å². The molecule has 0 spiro atoms. The average molecular weight is 297 g/mol. The quantitative estimate of drug-likeness (QED) is 0.306. The fraction of sp³-hybridized carbons (Fsp3) is 1.00. The molecule has 0 amide bonds. The molecule has 0 aliphatic heterocycles. The van der Waals surface area contributed by atoms with E-state index in [9.17, 15) is 0 Å². The van der Waals surface area contributed by atoms with Gasteiger partial charge in [0.1, 0.15) is 0 Å². The lowest BCUT2D eigenvalue weighted by atomic mass is 9.86. The van der Waals surface area contributed by atoms with Crippen LogP contribution < -0.4 is 0 Å². The average Bonchev–Trinajstić information content (AvgIpc) is 2.43. The normalized spacial score (nSPS) is 16.1. The predicted octanol–water partition coefficient (Wildman–Crippen LogP) is 7.86. The van der Waals surface area contributed by atoms with Gasteiger partial charge >= 0.3 is 0 Å². The number of hydrogen-bond donors (Lipinski definition) is 0. The van der Waals surface area contributed by atoms with Crippen LogP contribution in [0.2, 0.25) is 0 Å². The maximum absolute atomic E-state index is 2.45. The van der Waals surface area contributed by atoms with Gasteiger partial charge in [0, 0.05) is 0 Å². The van der Waals surface area contributed by atoms with Crippen molar-refractivity contribution < 1.29 is 0 Å². The molecule has 21 heavy (non-hydrogen) atoms. The summed E-state index contributed by atoms with van der Waals surface area (Å²) in [6.07, 6.45) is 15.8. The molecule has 0 aromatic heterocycles. The predicted molar refractivity (Wildman–Crippen MR) is 98.8 cm³/mol. The Morgan fingerprint density at radius 1 is 0.571 bits per heavy atom. The van der Waals surface area contributed by atoms with Crippen LogP contribution in [0.5, 0.6) is 0 Å². The summed E-state index contributed by atoms with van der Waals surface area (Å²) in [4.78, 5) is 0. The second kappa shape index (κ2) is 13.6. The highest BCUT2D eigenvalue weighted by Crippen LogP contribution is 2.27. The molecule has 0 aliphatic carbocycles. The Kier molecular flexibility index (Phi) is 13.6. The van der Waals surface area contributed by atoms with Gasteiger partial charge in [-0.1, -0.05) is 112 Å². The van der Waals surface area contributed by atoms with E-state index in [2.05, 4.69) is 41.5 Å². The molecule has 0 heterocycles. The number of hydrogen-bond acceptors (Lipinski definition) is 0. The minimum absolute atomic E-state index is 0.879. The monoisotopic (exact) mass is 296 g/mol. The zero-order chi connectivity index (χ0) is 16.1. The fourth-order valence-corrected chi connectivity index (χ4v) is 3.36. The summed E-state index contributed by atoms with van der Waals surface area (Å²) in [5, 5.41) is 0. The molecular weight excluding hydrogens is 252 g/mol. The smallest absolute Gasteiger partial charge is 0.0414 e. The first-order valence-electron chi connectivity index (χ1n) is 9.99. The van der Waals surface area contributed by atoms with Gasteiger partial charge in [0.15, 0.2) is 0 Å². The highest BCUT2D eigenvalue weighted by atomic mass is 14.2. The fourth-order valence-electron chi connectivity index (χ4n) is 3.36. The third kappa shape index (κ3) is 13.4. The molecule has 0 saturated carbocycles. The molecule has 0 radical (unpaired) electrons. The molecular formula is C21H44. The maximum Gasteiger partial charge on any atom is -0.0414 e. The van der Waals surface area contributed by atoms with E-state index in [1.807, 2.05) is 0 Å². The summed E-state index contributed by atoms with van der Waals surface area (Å²) in [5.41, 5.74) is 0. The van der Waals surface area contributed by atoms with Crippen molar-refractivity contribution in [1.29, 1.82) is 0 Å². The third-order valence-electron chi connectivity index (χ3n) is 5.25. The van der Waals surface area contributed by atoms with Crippen molar-refractivity contribution in [3.05, 3.63) is 0 Å². The summed E-state index contributed by atoms with van der Waals surface area (Å²) < 4.78 is 0. The van der Waals surface area contributed by atoms with Crippen LogP contribution in [0.4, 0.5) is 0 Å². The van der Waals surface area contributed by atoms with E-state index >= 15 is 0 Å². The van der Waals surface area contributed by atoms with Gasteiger partial charge in [0.05, 0.1) is 0 Å². The number of rotatable bonds is 14. The van der Waals surface area contributed by atoms with E-state index in [-0.39, 0.29) is 0 Å². The lowest BCUT2D eigenvalue weighted by molar-refractivity contribution is 0.326. The maximum atomic E-state index is 2.45. The van der Waals surface area contributed by atoms with Crippen LogP contribution in [-0.4, -0.2) is 0 Å². The van der Waals surface area contributed by atoms with Gasteiger partial charge in [-0.15, -0.1) is 0 Å². The van der Waals surface area contributed by atoms with Crippen molar-refractivity contribution in [3.8, 4) is 0 Å². The van der Waals surface area contributed by atoms with E-state index in [1.165, 1.54) is 70.6 Å². The van der Waals surface area contributed by atoms with Gasteiger partial charge in [-0.25, -0.2) is 0 Å². The molecule has 0 fully saturated rings. The standard InChI is InChI=1S/C21H44/c1-7-11-20(6)16-17-21(14-9-12-18(3)4)15-10-13-19(5)8-2/h18-21H,7-17H2,1-6H3. The van der Waals surface area contributed by atoms with Crippen molar-refractivity contribution in [2.24, 2.45) is 23.7 Å². The Bertz CT molecular complexity index is 206. The zero-order valence-electron chi connectivity index (χ0n) is 16.1. The molecule has 0 nitrogen and oxygen atoms in total. The topological polar surface area (TPSA) is 0 Å². The largest absolute Gasteiger partial charge is 0.0654 e. The van der Waals surface area contributed by atoms with Crippen molar-refractivity contribution in [1.82, 2.24) is 0 Å². The van der Waals surface area contributed by atoms with Crippen LogP contribution in [0.25, 0.3) is 0 Å². The second-order valence-corrected chi connectivity index (χ2v) is 8.11. The Morgan fingerprint density at radius 2 is 1.19 bits per heavy atom. The van der Waals surface area contributed by atoms with Gasteiger partial charge in [0.25, 0.3) is 0 Å². The second-order valence-electron chi connectivity index (χ2n) is 8.11. The van der Waals surface area contributed by atoms with E-state index in [0.717, 1.165) is 23.7 Å². The summed E-state index contributed by atoms with van der Waals surface area (Å²) in [5.74, 6) is 3.76. The van der Waals surface area contributed by atoms with Gasteiger partial charge in [-0.3, -0.25) is 0 Å². The molecule has 128 valence electrons. The molecule has 3 atom stereocenters. The minimum Gasteiger partial charge on any atom is -0.0654 e. The summed E-state index contributed by atoms with van der Waals surface area (Å²) >= 11 is 0. The zero-order valence-corrected chi connectivity index (χ0v) is 16.1. The molecule has 0 aliphatic rings. The molecule has 0 heteroatoms. The van der Waals surface area contributed by atoms with Crippen molar-refractivity contribution in [3.63, 3.8) is 0 Å². The summed E-state index contributed by atoms with van der Waals surface area (Å²) in [6, 6.07) is 0. The Morgan fingerprint density at radius 3 is 1.71 bits per heavy atom. The lowest BCUT2D eigenvalue weighted by Gasteiger charge is -2.20. The summed E-state index contributed by atoms with van der Waals surface area (Å²) in [6.45, 7) is 14.2. The van der Waals surface area contributed by atoms with Crippen molar-refractivity contribution in [2.45, 2.75) is 112 Å². The summed E-state index contributed by atoms with van der Waals surface area (Å²) in [7, 11) is 0. The van der Waals surface area contributed by atoms with E-state index in [0.29, 0.717) is 0 Å². The highest BCUT2D eigenvalue weighted by Gasteiger charge is 2.12. The van der Waals surface area contributed by atoms with Crippen LogP contribution >= 0.6 is 0 Å². The van der Waals surface area contributed by atoms with Crippen LogP contribution in [0.15, 0.2) is 0 Å². The van der Waals surface area contributed by atoms with Crippen molar-refractivity contribution in [2.75, 3.05) is 0 Å². The Labute approximate surface area is 136 Å². The van der Waals surface area contributed by atoms with Crippen LogP contribution in [-0.2, 0) is 0 Å². The minimum atomic E-state index is 0.879. The first kappa shape index (κ1) is 21.0. The van der Waals surface area contributed by atoms with Crippen LogP contribution in [0.3, 0.4) is 0 Å². The van der Waals surface area contributed by atoms with Gasteiger partial charge in [0.2, 0.25) is 0 Å². The van der Waals surface area contributed by atoms with E-state index in [1.54, 1.807) is 0 Å². The molecule has 0 saturated heterocycles. The van der Waals surface area contributed by atoms with Gasteiger partial charge < -0.3 is 0 Å². The molecule has 3 unspecified atom stereocenters. The molecule has 0 aromatic carbocycles. The lowest BCUT2D eigenvalue weighted by Crippen LogP contribution is -2.06. The first-order chi connectivity index (χ1) is 9.99. The molecule has 0 bridgehead atoms. The Hall–Kier alpha value is 0. The van der Waals surface area contributed by atoms with E-state index < -0.39 is 0 Å². The van der Waals surface area contributed by atoms with Gasteiger partial charge in [-0.05, 0) is 23.7 Å². The third-order valence-corrected chi connectivity index (χ3v) is 5.25. The van der Waals surface area contributed by atoms with E-state index in [4.69, 9.17) is 0 Å². The van der Waals surface area contributed by atoms with Gasteiger partial charge in [-0.2, -0.15) is 0 Å². The highest BCUT2D eigenvalue weighted by molar-refractivity contribution is 4.65. The SMILES string of the molecule is CCCC(C)CCC(CCCC(C)C)CCCC(C)CC. The molecule has 0 N–H and O–H groups in total. The first-order valence-corrected chi connectivity index (χ1v) is 9.99. The van der Waals surface area contributed by atoms with Crippen molar-refractivity contribution >= 4 is 0 Å². The Balaban J connectivity index is 4.01.